The van der Waals surface area contributed by atoms with Gasteiger partial charge in [0, 0.05) is 19.5 Å². The molecule has 5 heteroatoms. The van der Waals surface area contributed by atoms with Crippen LogP contribution in [-0.2, 0) is 15.0 Å². The van der Waals surface area contributed by atoms with Gasteiger partial charge in [-0.3, -0.25) is 9.59 Å². The number of nitrogens with zero attached hydrogens (tertiary/aromatic N) is 1. The van der Waals surface area contributed by atoms with Gasteiger partial charge in [0.05, 0.1) is 12.5 Å². The number of rotatable bonds is 6. The minimum Gasteiger partial charge on any atom is -0.496 e. The number of aliphatic carboxylic acids is 1. The molecule has 2 aliphatic rings. The summed E-state index contributed by atoms with van der Waals surface area (Å²) in [7, 11) is 1.66. The standard InChI is InChI=1S/C20H27NO4/c1-14-5-7-16(12-17(14)25-2)20(9-10-20)19(24)21-11-3-4-15(13-21)6-8-18(22)23/h5,7,12,15H,3-4,6,8-11,13H2,1-2H3,(H,22,23). The third kappa shape index (κ3) is 3.65. The van der Waals surface area contributed by atoms with Gasteiger partial charge in [-0.25, -0.2) is 0 Å². The normalized spacial score (nSPS) is 21.7. The molecule has 5 nitrogen and oxygen atoms in total. The number of aryl methyl sites for hydroxylation is 1. The third-order valence-corrected chi connectivity index (χ3v) is 5.69. The second-order valence-corrected chi connectivity index (χ2v) is 7.46. The summed E-state index contributed by atoms with van der Waals surface area (Å²) >= 11 is 0. The minimum atomic E-state index is -0.756. The Morgan fingerprint density at radius 2 is 2.12 bits per heavy atom. The molecule has 1 N–H and O–H groups in total. The van der Waals surface area contributed by atoms with Gasteiger partial charge < -0.3 is 14.7 Å². The van der Waals surface area contributed by atoms with E-state index in [1.54, 1.807) is 7.11 Å². The van der Waals surface area contributed by atoms with Crippen molar-refractivity contribution in [1.82, 2.24) is 4.90 Å². The van der Waals surface area contributed by atoms with Crippen molar-refractivity contribution in [3.05, 3.63) is 29.3 Å². The number of ether oxygens (including phenoxy) is 1. The molecular formula is C20H27NO4. The van der Waals surface area contributed by atoms with Crippen molar-refractivity contribution >= 4 is 11.9 Å². The van der Waals surface area contributed by atoms with E-state index in [2.05, 4.69) is 6.07 Å². The summed E-state index contributed by atoms with van der Waals surface area (Å²) in [5, 5.41) is 8.89. The summed E-state index contributed by atoms with van der Waals surface area (Å²) in [6.07, 6.45) is 4.59. The number of carbonyl (C=O) groups is 2. The lowest BCUT2D eigenvalue weighted by Gasteiger charge is -2.35. The maximum absolute atomic E-state index is 13.2. The van der Waals surface area contributed by atoms with E-state index in [0.717, 1.165) is 49.1 Å². The molecule has 1 aliphatic carbocycles. The SMILES string of the molecule is COc1cc(C2(C(=O)N3CCCC(CCC(=O)O)C3)CC2)ccc1C. The summed E-state index contributed by atoms with van der Waals surface area (Å²) in [6.45, 7) is 3.48. The van der Waals surface area contributed by atoms with Crippen LogP contribution in [0.25, 0.3) is 0 Å². The topological polar surface area (TPSA) is 66.8 Å². The molecule has 1 saturated heterocycles. The number of hydrogen-bond donors (Lipinski definition) is 1. The number of likely N-dealkylation sites (tertiary alicyclic amines) is 1. The molecule has 1 aromatic rings. The van der Waals surface area contributed by atoms with Crippen molar-refractivity contribution in [3.63, 3.8) is 0 Å². The zero-order chi connectivity index (χ0) is 18.0. The Bertz CT molecular complexity index is 666. The van der Waals surface area contributed by atoms with Crippen LogP contribution in [0, 0.1) is 12.8 Å². The van der Waals surface area contributed by atoms with Crippen molar-refractivity contribution in [2.45, 2.75) is 50.9 Å². The van der Waals surface area contributed by atoms with Gasteiger partial charge in [-0.15, -0.1) is 0 Å². The first-order valence-electron chi connectivity index (χ1n) is 9.12. The number of methoxy groups -OCH3 is 1. The number of carboxylic acids is 1. The first-order valence-corrected chi connectivity index (χ1v) is 9.12. The number of carboxylic acid groups (broad SMARTS) is 1. The fraction of sp³-hybridized carbons (Fsp3) is 0.600. The second-order valence-electron chi connectivity index (χ2n) is 7.46. The average molecular weight is 345 g/mol. The number of carbonyl (C=O) groups excluding carboxylic acids is 1. The first kappa shape index (κ1) is 17.8. The molecule has 1 amide bonds. The summed E-state index contributed by atoms with van der Waals surface area (Å²) in [6, 6.07) is 6.08. The van der Waals surface area contributed by atoms with Crippen LogP contribution in [0.15, 0.2) is 18.2 Å². The summed E-state index contributed by atoms with van der Waals surface area (Å²) in [5.41, 5.74) is 1.73. The third-order valence-electron chi connectivity index (χ3n) is 5.69. The molecule has 3 rings (SSSR count). The zero-order valence-corrected chi connectivity index (χ0v) is 15.1. The van der Waals surface area contributed by atoms with E-state index in [4.69, 9.17) is 9.84 Å². The minimum absolute atomic E-state index is 0.188. The fourth-order valence-corrected chi connectivity index (χ4v) is 3.98. The highest BCUT2D eigenvalue weighted by Gasteiger charge is 2.53. The van der Waals surface area contributed by atoms with Gasteiger partial charge in [0.15, 0.2) is 0 Å². The van der Waals surface area contributed by atoms with Crippen LogP contribution in [0.5, 0.6) is 5.75 Å². The molecule has 1 aliphatic heterocycles. The molecule has 25 heavy (non-hydrogen) atoms. The highest BCUT2D eigenvalue weighted by atomic mass is 16.5. The van der Waals surface area contributed by atoms with Crippen molar-refractivity contribution in [2.75, 3.05) is 20.2 Å². The Morgan fingerprint density at radius 3 is 2.76 bits per heavy atom. The molecule has 2 fully saturated rings. The Morgan fingerprint density at radius 1 is 1.36 bits per heavy atom. The first-order chi connectivity index (χ1) is 12.0. The van der Waals surface area contributed by atoms with Gasteiger partial charge in [0.2, 0.25) is 5.91 Å². The van der Waals surface area contributed by atoms with E-state index in [0.29, 0.717) is 18.9 Å². The maximum Gasteiger partial charge on any atom is 0.303 e. The number of amides is 1. The Kier molecular flexibility index (Phi) is 5.02. The van der Waals surface area contributed by atoms with E-state index in [9.17, 15) is 9.59 Å². The quantitative estimate of drug-likeness (QED) is 0.860. The lowest BCUT2D eigenvalue weighted by Crippen LogP contribution is -2.45. The number of piperidine rings is 1. The average Bonchev–Trinajstić information content (AvgIpc) is 3.42. The highest BCUT2D eigenvalue weighted by Crippen LogP contribution is 2.51. The van der Waals surface area contributed by atoms with Crippen molar-refractivity contribution in [3.8, 4) is 5.75 Å². The van der Waals surface area contributed by atoms with Crippen LogP contribution >= 0.6 is 0 Å². The summed E-state index contributed by atoms with van der Waals surface area (Å²) in [4.78, 5) is 26.0. The maximum atomic E-state index is 13.2. The van der Waals surface area contributed by atoms with E-state index < -0.39 is 11.4 Å². The number of hydrogen-bond acceptors (Lipinski definition) is 3. The van der Waals surface area contributed by atoms with Gasteiger partial charge in [-0.2, -0.15) is 0 Å². The Hall–Kier alpha value is -2.04. The molecule has 1 unspecified atom stereocenters. The van der Waals surface area contributed by atoms with Crippen LogP contribution in [0.2, 0.25) is 0 Å². The smallest absolute Gasteiger partial charge is 0.303 e. The number of benzene rings is 1. The van der Waals surface area contributed by atoms with E-state index in [1.165, 1.54) is 0 Å². The molecule has 0 bridgehead atoms. The van der Waals surface area contributed by atoms with Crippen LogP contribution in [0.3, 0.4) is 0 Å². The van der Waals surface area contributed by atoms with E-state index >= 15 is 0 Å². The van der Waals surface area contributed by atoms with E-state index in [1.807, 2.05) is 24.0 Å². The summed E-state index contributed by atoms with van der Waals surface area (Å²) in [5.74, 6) is 0.582. The van der Waals surface area contributed by atoms with Crippen molar-refractivity contribution in [1.29, 1.82) is 0 Å². The van der Waals surface area contributed by atoms with Crippen LogP contribution in [0.4, 0.5) is 0 Å². The van der Waals surface area contributed by atoms with Gasteiger partial charge in [-0.05, 0) is 62.1 Å². The highest BCUT2D eigenvalue weighted by molar-refractivity contribution is 5.91. The van der Waals surface area contributed by atoms with Crippen LogP contribution < -0.4 is 4.74 Å². The van der Waals surface area contributed by atoms with Crippen molar-refractivity contribution < 1.29 is 19.4 Å². The molecule has 1 aromatic carbocycles. The monoisotopic (exact) mass is 345 g/mol. The lowest BCUT2D eigenvalue weighted by molar-refractivity contribution is -0.137. The molecule has 0 spiro atoms. The van der Waals surface area contributed by atoms with Gasteiger partial charge >= 0.3 is 5.97 Å². The Balaban J connectivity index is 1.72. The van der Waals surface area contributed by atoms with E-state index in [-0.39, 0.29) is 12.3 Å². The molecule has 0 aromatic heterocycles. The largest absolute Gasteiger partial charge is 0.496 e. The summed E-state index contributed by atoms with van der Waals surface area (Å²) < 4.78 is 5.42. The predicted molar refractivity (Wildman–Crippen MR) is 94.8 cm³/mol. The predicted octanol–water partition coefficient (Wildman–Crippen LogP) is 3.14. The second kappa shape index (κ2) is 7.06. The van der Waals surface area contributed by atoms with Gasteiger partial charge in [0.1, 0.15) is 5.75 Å². The van der Waals surface area contributed by atoms with Crippen LogP contribution in [0.1, 0.15) is 49.7 Å². The molecule has 1 atom stereocenters. The molecule has 1 heterocycles. The fourth-order valence-electron chi connectivity index (χ4n) is 3.98. The molecule has 1 saturated carbocycles. The molecule has 136 valence electrons. The van der Waals surface area contributed by atoms with Gasteiger partial charge in [-0.1, -0.05) is 12.1 Å². The molecule has 0 radical (unpaired) electrons. The lowest BCUT2D eigenvalue weighted by atomic mass is 9.89. The molecular weight excluding hydrogens is 318 g/mol. The zero-order valence-electron chi connectivity index (χ0n) is 15.1. The van der Waals surface area contributed by atoms with Crippen LogP contribution in [-0.4, -0.2) is 42.1 Å². The van der Waals surface area contributed by atoms with Gasteiger partial charge in [0.25, 0.3) is 0 Å². The Labute approximate surface area is 149 Å². The van der Waals surface area contributed by atoms with Crippen molar-refractivity contribution in [2.24, 2.45) is 5.92 Å².